The van der Waals surface area contributed by atoms with Crippen molar-refractivity contribution >= 4 is 99.1 Å². The molecule has 210 valence electrons. The molecule has 0 atom stereocenters. The summed E-state index contributed by atoms with van der Waals surface area (Å²) in [6.07, 6.45) is 4.78. The molecule has 18 heteroatoms. The molecule has 6 aromatic heterocycles. The molecule has 0 bridgehead atoms. The van der Waals surface area contributed by atoms with E-state index in [-0.39, 0.29) is 35.7 Å². The van der Waals surface area contributed by atoms with Gasteiger partial charge in [-0.05, 0) is 53.4 Å². The molecule has 0 saturated heterocycles. The summed E-state index contributed by atoms with van der Waals surface area (Å²) >= 11 is 8.27. The minimum atomic E-state index is -3.79. The molecule has 0 saturated carbocycles. The number of thiocarbonyl (C=S) groups is 1. The van der Waals surface area contributed by atoms with Crippen molar-refractivity contribution in [2.75, 3.05) is 6.26 Å². The Balaban J connectivity index is 0.000000165. The van der Waals surface area contributed by atoms with Gasteiger partial charge in [-0.25, -0.2) is 27.9 Å². The maximum absolute atomic E-state index is 12.8. The first-order chi connectivity index (χ1) is 19.6. The molecule has 0 fully saturated rings. The molecule has 6 rings (SSSR count). The molecule has 0 unspecified atom stereocenters. The normalized spacial score (nSPS) is 11.8. The van der Waals surface area contributed by atoms with Crippen LogP contribution in [0.5, 0.6) is 0 Å². The van der Waals surface area contributed by atoms with Gasteiger partial charge in [-0.3, -0.25) is 5.41 Å². The van der Waals surface area contributed by atoms with Gasteiger partial charge >= 0.3 is 0 Å². The van der Waals surface area contributed by atoms with Crippen LogP contribution in [0.1, 0.15) is 11.6 Å². The predicted molar refractivity (Wildman–Crippen MR) is 165 cm³/mol. The molecule has 0 aliphatic rings. The summed E-state index contributed by atoms with van der Waals surface area (Å²) in [5, 5.41) is 11.4. The van der Waals surface area contributed by atoms with Crippen LogP contribution >= 0.6 is 46.7 Å². The topological polar surface area (TPSA) is 180 Å². The molecule has 0 amide bonds. The summed E-state index contributed by atoms with van der Waals surface area (Å²) in [6, 6.07) is 12.9. The van der Waals surface area contributed by atoms with Gasteiger partial charge in [0.05, 0.1) is 0 Å². The van der Waals surface area contributed by atoms with Crippen molar-refractivity contribution in [2.45, 2.75) is 8.42 Å². The van der Waals surface area contributed by atoms with Crippen LogP contribution in [0.2, 0.25) is 0 Å². The molecule has 0 aromatic carbocycles. The Bertz CT molecular complexity index is 2120. The number of imidazole rings is 2. The summed E-state index contributed by atoms with van der Waals surface area (Å²) in [6.45, 7) is 0. The standard InChI is InChI=1S/C12H10N4O2S3.C11H8N4O2S3/c1-19-10(13)12-15-11-8(4-2-6-14-11)16(12)21(17,18)9-5-3-7-20-9;12-9(18)11-14-10-7(3-1-5-13-10)15(11)20(16,17)8-4-2-6-19-8/h2-7,13H,1H3;1-6H,(H2,12,18). The quantitative estimate of drug-likeness (QED) is 0.151. The number of nitrogens with zero attached hydrogens (tertiary/aromatic N) is 6. The van der Waals surface area contributed by atoms with Gasteiger partial charge in [-0.15, -0.1) is 34.4 Å². The van der Waals surface area contributed by atoms with Crippen LogP contribution in [0.4, 0.5) is 0 Å². The van der Waals surface area contributed by atoms with Gasteiger partial charge in [0.1, 0.15) is 29.5 Å². The van der Waals surface area contributed by atoms with Gasteiger partial charge in [-0.2, -0.15) is 16.8 Å². The van der Waals surface area contributed by atoms with E-state index in [1.807, 2.05) is 0 Å². The second-order valence-corrected chi connectivity index (χ2v) is 15.0. The highest BCUT2D eigenvalue weighted by Gasteiger charge is 2.28. The molecule has 6 heterocycles. The summed E-state index contributed by atoms with van der Waals surface area (Å²) in [5.41, 5.74) is 6.91. The van der Waals surface area contributed by atoms with Crippen LogP contribution in [0.25, 0.3) is 22.3 Å². The maximum Gasteiger partial charge on any atom is 0.279 e. The second kappa shape index (κ2) is 11.4. The lowest BCUT2D eigenvalue weighted by molar-refractivity contribution is 0.588. The zero-order valence-electron chi connectivity index (χ0n) is 20.8. The van der Waals surface area contributed by atoms with Crippen molar-refractivity contribution < 1.29 is 16.8 Å². The van der Waals surface area contributed by atoms with Crippen LogP contribution in [-0.2, 0) is 20.0 Å². The number of hydrogen-bond donors (Lipinski definition) is 2. The molecule has 0 aliphatic carbocycles. The summed E-state index contributed by atoms with van der Waals surface area (Å²) in [7, 11) is -7.58. The van der Waals surface area contributed by atoms with Crippen molar-refractivity contribution in [3.8, 4) is 0 Å². The number of aromatic nitrogens is 6. The molecular formula is C23H18N8O4S6. The highest BCUT2D eigenvalue weighted by Crippen LogP contribution is 2.27. The lowest BCUT2D eigenvalue weighted by Crippen LogP contribution is -2.22. The van der Waals surface area contributed by atoms with Gasteiger partial charge in [0.25, 0.3) is 20.0 Å². The van der Waals surface area contributed by atoms with Gasteiger partial charge in [0.15, 0.2) is 22.9 Å². The van der Waals surface area contributed by atoms with E-state index in [1.165, 1.54) is 18.3 Å². The van der Waals surface area contributed by atoms with Crippen molar-refractivity contribution in [3.05, 3.63) is 83.3 Å². The number of fused-ring (bicyclic) bond motifs is 2. The Morgan fingerprint density at radius 1 is 0.829 bits per heavy atom. The van der Waals surface area contributed by atoms with E-state index in [9.17, 15) is 16.8 Å². The Morgan fingerprint density at radius 2 is 1.29 bits per heavy atom. The van der Waals surface area contributed by atoms with Crippen LogP contribution < -0.4 is 5.73 Å². The second-order valence-electron chi connectivity index (χ2n) is 7.86. The van der Waals surface area contributed by atoms with Crippen molar-refractivity contribution in [2.24, 2.45) is 5.73 Å². The van der Waals surface area contributed by atoms with E-state index in [0.717, 1.165) is 42.4 Å². The summed E-state index contributed by atoms with van der Waals surface area (Å²) in [5.74, 6) is 0.103. The Kier molecular flexibility index (Phi) is 8.04. The Morgan fingerprint density at radius 3 is 1.71 bits per heavy atom. The van der Waals surface area contributed by atoms with E-state index >= 15 is 0 Å². The van der Waals surface area contributed by atoms with Gasteiger partial charge in [0.2, 0.25) is 0 Å². The van der Waals surface area contributed by atoms with Gasteiger partial charge in [-0.1, -0.05) is 24.4 Å². The number of rotatable bonds is 6. The molecule has 0 spiro atoms. The smallest absolute Gasteiger partial charge is 0.279 e. The number of nitrogens with one attached hydrogen (secondary N) is 1. The minimum absolute atomic E-state index is 0.0158. The Labute approximate surface area is 251 Å². The molecule has 3 N–H and O–H groups in total. The SMILES string of the molecule is CSC(=N)c1nc2ncccc2n1S(=O)(=O)c1cccs1.NC(=S)c1nc2ncccc2n1S(=O)(=O)c1cccs1. The van der Waals surface area contributed by atoms with Crippen LogP contribution in [0.15, 0.2) is 80.1 Å². The van der Waals surface area contributed by atoms with Crippen molar-refractivity contribution in [1.29, 1.82) is 5.41 Å². The lowest BCUT2D eigenvalue weighted by atomic mass is 10.4. The average molecular weight is 663 g/mol. The first-order valence-corrected chi connectivity index (χ1v) is 17.5. The first kappa shape index (κ1) is 29.0. The monoisotopic (exact) mass is 662 g/mol. The minimum Gasteiger partial charge on any atom is -0.387 e. The fourth-order valence-electron chi connectivity index (χ4n) is 3.66. The third-order valence-electron chi connectivity index (χ3n) is 5.39. The molecule has 41 heavy (non-hydrogen) atoms. The van der Waals surface area contributed by atoms with Crippen molar-refractivity contribution in [1.82, 2.24) is 27.9 Å². The zero-order chi connectivity index (χ0) is 29.4. The van der Waals surface area contributed by atoms with Crippen LogP contribution in [-0.4, -0.2) is 61.0 Å². The molecule has 12 nitrogen and oxygen atoms in total. The van der Waals surface area contributed by atoms with Crippen LogP contribution in [0.3, 0.4) is 0 Å². The van der Waals surface area contributed by atoms with E-state index < -0.39 is 20.0 Å². The zero-order valence-corrected chi connectivity index (χ0v) is 25.7. The third kappa shape index (κ3) is 5.29. The van der Waals surface area contributed by atoms with E-state index in [0.29, 0.717) is 16.7 Å². The third-order valence-corrected chi connectivity index (χ3v) is 12.3. The number of thioether (sulfide) groups is 1. The first-order valence-electron chi connectivity index (χ1n) is 11.2. The highest BCUT2D eigenvalue weighted by atomic mass is 32.3. The highest BCUT2D eigenvalue weighted by molar-refractivity contribution is 8.13. The average Bonchev–Trinajstić information content (AvgIpc) is 3.77. The molecule has 6 aromatic rings. The number of hydrogen-bond acceptors (Lipinski definition) is 13. The summed E-state index contributed by atoms with van der Waals surface area (Å²) in [4.78, 5) is 16.3. The Hall–Kier alpha value is -3.55. The fourth-order valence-corrected chi connectivity index (χ4v) is 9.28. The van der Waals surface area contributed by atoms with Crippen LogP contribution in [0, 0.1) is 5.41 Å². The number of pyridine rings is 2. The van der Waals surface area contributed by atoms with E-state index in [4.69, 9.17) is 23.4 Å². The number of thiophene rings is 2. The van der Waals surface area contributed by atoms with Gasteiger partial charge < -0.3 is 5.73 Å². The molecule has 0 radical (unpaired) electrons. The molecule has 0 aliphatic heterocycles. The maximum atomic E-state index is 12.8. The predicted octanol–water partition coefficient (Wildman–Crippen LogP) is 3.78. The van der Waals surface area contributed by atoms with E-state index in [1.54, 1.807) is 59.6 Å². The summed E-state index contributed by atoms with van der Waals surface area (Å²) < 4.78 is 53.5. The number of nitrogens with two attached hydrogens (primary N) is 1. The largest absolute Gasteiger partial charge is 0.387 e. The fraction of sp³-hybridized carbons (Fsp3) is 0.0435. The molecular weight excluding hydrogens is 645 g/mol. The van der Waals surface area contributed by atoms with Crippen molar-refractivity contribution in [3.63, 3.8) is 0 Å². The lowest BCUT2D eigenvalue weighted by Gasteiger charge is -2.08. The van der Waals surface area contributed by atoms with Gasteiger partial charge in [0, 0.05) is 12.4 Å². The van der Waals surface area contributed by atoms with E-state index in [2.05, 4.69) is 19.9 Å².